The Kier molecular flexibility index (Phi) is 22.5. The first kappa shape index (κ1) is 61.0. The largest absolute Gasteiger partial charge is 0.444 e. The minimum Gasteiger partial charge on any atom is -0.444 e. The second-order valence-electron chi connectivity index (χ2n) is 23.3. The van der Waals surface area contributed by atoms with Crippen molar-refractivity contribution in [3.63, 3.8) is 0 Å². The third-order valence-electron chi connectivity index (χ3n) is 14.9. The molecule has 0 bridgehead atoms. The van der Waals surface area contributed by atoms with Gasteiger partial charge >= 0.3 is 6.09 Å². The lowest BCUT2D eigenvalue weighted by Gasteiger charge is -2.44. The molecule has 0 unspecified atom stereocenters. The number of carbonyl (C=O) groups is 5. The van der Waals surface area contributed by atoms with Crippen LogP contribution in [0.5, 0.6) is 0 Å². The number of nitrogens with one attached hydrogen (secondary N) is 1. The molecule has 4 aliphatic heterocycles. The van der Waals surface area contributed by atoms with Crippen molar-refractivity contribution < 1.29 is 47.7 Å². The number of aromatic nitrogens is 4. The second-order valence-corrected chi connectivity index (χ2v) is 23.3. The maximum absolute atomic E-state index is 14.5. The van der Waals surface area contributed by atoms with Crippen LogP contribution in [-0.4, -0.2) is 210 Å². The fourth-order valence-electron chi connectivity index (χ4n) is 11.2. The van der Waals surface area contributed by atoms with Gasteiger partial charge in [-0.3, -0.25) is 19.2 Å². The highest BCUT2D eigenvalue weighted by atomic mass is 16.6. The Bertz CT molecular complexity index is 2620. The first-order chi connectivity index (χ1) is 38.0. The molecule has 0 spiro atoms. The molecule has 0 radical (unpaired) electrons. The van der Waals surface area contributed by atoms with Crippen LogP contribution in [0.3, 0.4) is 0 Å². The van der Waals surface area contributed by atoms with Crippen molar-refractivity contribution >= 4 is 51.8 Å². The molecule has 1 N–H and O–H groups in total. The van der Waals surface area contributed by atoms with Crippen LogP contribution in [0.15, 0.2) is 48.5 Å². The van der Waals surface area contributed by atoms with Crippen molar-refractivity contribution in [1.29, 1.82) is 0 Å². The van der Waals surface area contributed by atoms with E-state index in [2.05, 4.69) is 37.6 Å². The van der Waals surface area contributed by atoms with E-state index in [0.717, 1.165) is 47.8 Å². The number of fused-ring (bicyclic) bond motifs is 2. The summed E-state index contributed by atoms with van der Waals surface area (Å²) >= 11 is 0. The zero-order chi connectivity index (χ0) is 56.6. The van der Waals surface area contributed by atoms with Crippen LogP contribution in [0.1, 0.15) is 108 Å². The molecule has 4 atom stereocenters. The van der Waals surface area contributed by atoms with Gasteiger partial charge in [0, 0.05) is 112 Å². The lowest BCUT2D eigenvalue weighted by molar-refractivity contribution is -0.142. The first-order valence-corrected chi connectivity index (χ1v) is 28.9. The Morgan fingerprint density at radius 2 is 1.08 bits per heavy atom. The number of methoxy groups -OCH3 is 2. The van der Waals surface area contributed by atoms with Crippen LogP contribution in [-0.2, 0) is 46.4 Å². The molecule has 2 aromatic heterocycles. The van der Waals surface area contributed by atoms with Crippen LogP contribution >= 0.6 is 0 Å². The van der Waals surface area contributed by atoms with Crippen molar-refractivity contribution in [2.24, 2.45) is 23.7 Å². The Morgan fingerprint density at radius 1 is 0.620 bits per heavy atom. The van der Waals surface area contributed by atoms with Gasteiger partial charge in [-0.2, -0.15) is 0 Å². The van der Waals surface area contributed by atoms with E-state index in [9.17, 15) is 24.0 Å². The smallest absolute Gasteiger partial charge is 0.410 e. The van der Waals surface area contributed by atoms with Gasteiger partial charge in [0.05, 0.1) is 66.4 Å². The zero-order valence-electron chi connectivity index (χ0n) is 48.7. The van der Waals surface area contributed by atoms with Gasteiger partial charge in [-0.25, -0.2) is 14.8 Å². The number of unbranched alkanes of at least 4 members (excludes halogenated alkanes) is 2. The predicted octanol–water partition coefficient (Wildman–Crippen LogP) is 6.44. The number of nitrogens with zero attached hydrogens (tertiary/aromatic N) is 9. The van der Waals surface area contributed by atoms with E-state index in [1.165, 1.54) is 0 Å². The molecule has 79 heavy (non-hydrogen) atoms. The summed E-state index contributed by atoms with van der Waals surface area (Å²) in [5, 5.41) is 3.44. The SMILES string of the molecule is COCCCCn1c(C(=O)N(CC(C)C)[C@@H]2CNC[C@H](C(=O)N3CCOCC3)C2)nc2ccccc21.COCCCCn1c(C(=O)N(CC(C)C)[C@H]2C[C@@H](C(=O)N3CCOCC3)CN(C(=O)OC(C)(C)C)C2)nc2ccccc21. The summed E-state index contributed by atoms with van der Waals surface area (Å²) in [6.45, 7) is 24.0. The Labute approximate surface area is 467 Å². The third kappa shape index (κ3) is 16.5. The number of hydrogen-bond donors (Lipinski definition) is 1. The molecule has 0 aliphatic carbocycles. The van der Waals surface area contributed by atoms with Crippen molar-refractivity contribution in [3.8, 4) is 0 Å². The van der Waals surface area contributed by atoms with Gasteiger partial charge in [-0.1, -0.05) is 52.0 Å². The standard InChI is InChI=1S/C32H49N5O6.C27H41N5O4/c1-23(2)20-37(30(39)28-33-26-11-7-8-12-27(26)36(28)13-9-10-16-41-6)25-19-24(29(38)34-14-17-42-18-15-34)21-35(22-25)31(40)43-32(3,4)5;1-20(2)19-32(22-16-21(17-28-18-22)26(33)30-11-14-36-15-12-30)27(34)25-29-23-8-4-5-9-24(23)31(25)10-6-7-13-35-3/h7-8,11-12,23-25H,9-10,13-22H2,1-6H3;4-5,8-9,20-22,28H,6-7,10-19H2,1-3H3/t24-,25+;21-,22+/m11/s1. The van der Waals surface area contributed by atoms with Crippen molar-refractivity contribution in [1.82, 2.24) is 48.9 Å². The molecule has 20 nitrogen and oxygen atoms in total. The summed E-state index contributed by atoms with van der Waals surface area (Å²) in [5.41, 5.74) is 2.80. The van der Waals surface area contributed by atoms with Gasteiger partial charge in [-0.15, -0.1) is 0 Å². The topological polar surface area (TPSA) is 195 Å². The molecule has 5 amide bonds. The normalized spacial score (nSPS) is 20.1. The summed E-state index contributed by atoms with van der Waals surface area (Å²) in [4.78, 5) is 87.7. The molecule has 4 aliphatic rings. The lowest BCUT2D eigenvalue weighted by atomic mass is 9.91. The summed E-state index contributed by atoms with van der Waals surface area (Å²) < 4.78 is 31.1. The average molecular weight is 1100 g/mol. The summed E-state index contributed by atoms with van der Waals surface area (Å²) in [6.07, 6.45) is 4.18. The predicted molar refractivity (Wildman–Crippen MR) is 303 cm³/mol. The molecule has 6 heterocycles. The van der Waals surface area contributed by atoms with Crippen LogP contribution in [0.25, 0.3) is 22.1 Å². The number of piperidine rings is 2. The van der Waals surface area contributed by atoms with Gasteiger partial charge < -0.3 is 62.6 Å². The van der Waals surface area contributed by atoms with Crippen LogP contribution in [0.4, 0.5) is 4.79 Å². The van der Waals surface area contributed by atoms with Crippen LogP contribution in [0, 0.1) is 23.7 Å². The highest BCUT2D eigenvalue weighted by Crippen LogP contribution is 2.29. The van der Waals surface area contributed by atoms with E-state index >= 15 is 0 Å². The third-order valence-corrected chi connectivity index (χ3v) is 14.9. The van der Waals surface area contributed by atoms with Crippen LogP contribution < -0.4 is 5.32 Å². The minimum absolute atomic E-state index is 0.0103. The number of benzene rings is 2. The number of amides is 5. The molecule has 20 heteroatoms. The van der Waals surface area contributed by atoms with E-state index in [4.69, 9.17) is 33.7 Å². The number of hydrogen-bond acceptors (Lipinski definition) is 13. The number of rotatable bonds is 20. The van der Waals surface area contributed by atoms with Crippen molar-refractivity contribution in [2.45, 2.75) is 118 Å². The van der Waals surface area contributed by atoms with Crippen molar-refractivity contribution in [2.75, 3.05) is 119 Å². The average Bonchev–Trinajstić information content (AvgIpc) is 4.03. The molecule has 2 aromatic carbocycles. The first-order valence-electron chi connectivity index (χ1n) is 28.9. The number of ether oxygens (including phenoxy) is 5. The molecular formula is C59H90N10O10. The zero-order valence-corrected chi connectivity index (χ0v) is 48.7. The monoisotopic (exact) mass is 1100 g/mol. The summed E-state index contributed by atoms with van der Waals surface area (Å²) in [5.74, 6) is 0.625. The highest BCUT2D eigenvalue weighted by molar-refractivity contribution is 5.96. The number of aryl methyl sites for hydroxylation is 2. The summed E-state index contributed by atoms with van der Waals surface area (Å²) in [7, 11) is 3.40. The van der Waals surface area contributed by atoms with Gasteiger partial charge in [0.25, 0.3) is 11.8 Å². The number of likely N-dealkylation sites (tertiary alicyclic amines) is 1. The summed E-state index contributed by atoms with van der Waals surface area (Å²) in [6, 6.07) is 15.3. The fourth-order valence-corrected chi connectivity index (χ4v) is 11.2. The maximum atomic E-state index is 14.5. The molecule has 8 rings (SSSR count). The number of carbonyl (C=O) groups excluding carboxylic acids is 5. The quantitative estimate of drug-likeness (QED) is 0.0951. The van der Waals surface area contributed by atoms with E-state index in [1.54, 1.807) is 19.1 Å². The molecule has 4 fully saturated rings. The Balaban J connectivity index is 0.000000232. The molecule has 4 saturated heterocycles. The Hall–Kier alpha value is -5.67. The minimum atomic E-state index is -0.686. The van der Waals surface area contributed by atoms with E-state index < -0.39 is 17.6 Å². The van der Waals surface area contributed by atoms with Gasteiger partial charge in [0.1, 0.15) is 5.60 Å². The number of para-hydroxylation sites is 4. The molecular weight excluding hydrogens is 1010 g/mol. The number of morpholine rings is 2. The van der Waals surface area contributed by atoms with E-state index in [-0.39, 0.29) is 60.6 Å². The van der Waals surface area contributed by atoms with Crippen molar-refractivity contribution in [3.05, 3.63) is 60.2 Å². The highest BCUT2D eigenvalue weighted by Gasteiger charge is 2.42. The van der Waals surface area contributed by atoms with Crippen LogP contribution in [0.2, 0.25) is 0 Å². The van der Waals surface area contributed by atoms with Gasteiger partial charge in [0.2, 0.25) is 11.8 Å². The van der Waals surface area contributed by atoms with Gasteiger partial charge in [0.15, 0.2) is 11.6 Å². The molecule has 4 aromatic rings. The molecule has 0 saturated carbocycles. The molecule has 436 valence electrons. The van der Waals surface area contributed by atoms with Gasteiger partial charge in [-0.05, 0) is 95.4 Å². The fraction of sp³-hybridized carbons (Fsp3) is 0.678. The maximum Gasteiger partial charge on any atom is 0.410 e. The second kappa shape index (κ2) is 29.2. The Morgan fingerprint density at radius 3 is 1.54 bits per heavy atom. The van der Waals surface area contributed by atoms with E-state index in [0.29, 0.717) is 135 Å². The number of imidazole rings is 2. The van der Waals surface area contributed by atoms with E-state index in [1.807, 2.05) is 93.5 Å². The lowest BCUT2D eigenvalue weighted by Crippen LogP contribution is -2.58.